The highest BCUT2D eigenvalue weighted by Gasteiger charge is 2.43. The number of rotatable bonds is 6. The Morgan fingerprint density at radius 3 is 2.54 bits per heavy atom. The van der Waals surface area contributed by atoms with Gasteiger partial charge >= 0.3 is 6.18 Å². The summed E-state index contributed by atoms with van der Waals surface area (Å²) in [7, 11) is 0. The van der Waals surface area contributed by atoms with Crippen molar-refractivity contribution in [1.82, 2.24) is 25.5 Å². The molecule has 28 heavy (non-hydrogen) atoms. The molecule has 1 amide bonds. The maximum atomic E-state index is 13.3. The lowest BCUT2D eigenvalue weighted by Crippen LogP contribution is -2.57. The van der Waals surface area contributed by atoms with Crippen LogP contribution in [-0.2, 0) is 11.2 Å². The number of aromatic amines is 1. The molecule has 1 atom stereocenters. The van der Waals surface area contributed by atoms with E-state index in [0.29, 0.717) is 38.4 Å². The van der Waals surface area contributed by atoms with E-state index in [1.54, 1.807) is 0 Å². The quantitative estimate of drug-likeness (QED) is 0.642. The average Bonchev–Trinajstić information content (AvgIpc) is 3.03. The maximum Gasteiger partial charge on any atom is 0.405 e. The SMILES string of the molecule is Cl.Cl.O=C(CCc1nc2ccccc2[nH]1)NCC(N1CCNCC1)C(F)(F)F. The van der Waals surface area contributed by atoms with E-state index in [2.05, 4.69) is 20.6 Å². The van der Waals surface area contributed by atoms with Gasteiger partial charge in [0.05, 0.1) is 11.0 Å². The van der Waals surface area contributed by atoms with E-state index in [1.807, 2.05) is 24.3 Å². The smallest absolute Gasteiger partial charge is 0.354 e. The monoisotopic (exact) mass is 441 g/mol. The Morgan fingerprint density at radius 2 is 1.89 bits per heavy atom. The minimum Gasteiger partial charge on any atom is -0.354 e. The second-order valence-corrected chi connectivity index (χ2v) is 6.35. The summed E-state index contributed by atoms with van der Waals surface area (Å²) in [6.45, 7) is 1.25. The molecule has 6 nitrogen and oxygen atoms in total. The van der Waals surface area contributed by atoms with Gasteiger partial charge in [-0.2, -0.15) is 13.2 Å². The molecule has 158 valence electrons. The molecular weight excluding hydrogens is 418 g/mol. The van der Waals surface area contributed by atoms with Gasteiger partial charge in [-0.15, -0.1) is 24.8 Å². The molecular formula is C17H24Cl2F3N5O. The highest BCUT2D eigenvalue weighted by atomic mass is 35.5. The first kappa shape index (κ1) is 24.5. The highest BCUT2D eigenvalue weighted by Crippen LogP contribution is 2.24. The van der Waals surface area contributed by atoms with E-state index in [9.17, 15) is 18.0 Å². The number of fused-ring (bicyclic) bond motifs is 1. The topological polar surface area (TPSA) is 73.0 Å². The van der Waals surface area contributed by atoms with Crippen LogP contribution in [0.4, 0.5) is 13.2 Å². The number of imidazole rings is 1. The second-order valence-electron chi connectivity index (χ2n) is 6.35. The zero-order valence-electron chi connectivity index (χ0n) is 15.1. The number of aryl methyl sites for hydroxylation is 1. The second kappa shape index (κ2) is 10.8. The molecule has 1 unspecified atom stereocenters. The minimum absolute atomic E-state index is 0. The number of halogens is 5. The molecule has 1 aromatic heterocycles. The van der Waals surface area contributed by atoms with Crippen LogP contribution >= 0.6 is 24.8 Å². The third kappa shape index (κ3) is 6.51. The standard InChI is InChI=1S/C17H22F3N5O.2ClH/c18-17(19,20)14(25-9-7-21-8-10-25)11-22-16(26)6-5-15-23-12-3-1-2-4-13(12)24-15;;/h1-4,14,21H,5-11H2,(H,22,26)(H,23,24);2*1H. The number of carbonyl (C=O) groups is 1. The number of carbonyl (C=O) groups excluding carboxylic acids is 1. The molecule has 0 aliphatic carbocycles. The highest BCUT2D eigenvalue weighted by molar-refractivity contribution is 5.85. The van der Waals surface area contributed by atoms with Gasteiger partial charge in [-0.25, -0.2) is 4.98 Å². The van der Waals surface area contributed by atoms with Gasteiger partial charge in [0.2, 0.25) is 5.91 Å². The first-order valence-corrected chi connectivity index (χ1v) is 8.65. The number of benzene rings is 1. The first-order valence-electron chi connectivity index (χ1n) is 8.65. The molecule has 2 heterocycles. The summed E-state index contributed by atoms with van der Waals surface area (Å²) in [5.41, 5.74) is 1.68. The normalized spacial score (nSPS) is 16.1. The average molecular weight is 442 g/mol. The van der Waals surface area contributed by atoms with Gasteiger partial charge in [0.15, 0.2) is 0 Å². The van der Waals surface area contributed by atoms with Crippen molar-refractivity contribution >= 4 is 41.8 Å². The number of alkyl halides is 3. The van der Waals surface area contributed by atoms with Crippen LogP contribution in [-0.4, -0.2) is 65.7 Å². The summed E-state index contributed by atoms with van der Waals surface area (Å²) in [4.78, 5) is 20.8. The largest absolute Gasteiger partial charge is 0.405 e. The van der Waals surface area contributed by atoms with Gasteiger partial charge in [0, 0.05) is 45.6 Å². The van der Waals surface area contributed by atoms with Gasteiger partial charge in [0.25, 0.3) is 0 Å². The number of para-hydroxylation sites is 2. The van der Waals surface area contributed by atoms with Crippen LogP contribution in [0.1, 0.15) is 12.2 Å². The molecule has 1 aliphatic heterocycles. The third-order valence-corrected chi connectivity index (χ3v) is 4.49. The van der Waals surface area contributed by atoms with E-state index in [-0.39, 0.29) is 31.2 Å². The fourth-order valence-corrected chi connectivity index (χ4v) is 3.10. The Bertz CT molecular complexity index is 717. The lowest BCUT2D eigenvalue weighted by molar-refractivity contribution is -0.184. The third-order valence-electron chi connectivity index (χ3n) is 4.49. The van der Waals surface area contributed by atoms with Gasteiger partial charge in [-0.3, -0.25) is 9.69 Å². The van der Waals surface area contributed by atoms with Crippen molar-refractivity contribution in [3.05, 3.63) is 30.1 Å². The molecule has 0 bridgehead atoms. The van der Waals surface area contributed by atoms with Gasteiger partial charge in [-0.05, 0) is 12.1 Å². The number of H-pyrrole nitrogens is 1. The molecule has 0 saturated carbocycles. The van der Waals surface area contributed by atoms with Crippen molar-refractivity contribution in [2.24, 2.45) is 0 Å². The van der Waals surface area contributed by atoms with Gasteiger partial charge < -0.3 is 15.6 Å². The van der Waals surface area contributed by atoms with Crippen LogP contribution in [0, 0.1) is 0 Å². The van der Waals surface area contributed by atoms with Crippen LogP contribution < -0.4 is 10.6 Å². The number of piperazine rings is 1. The van der Waals surface area contributed by atoms with Crippen LogP contribution in [0.2, 0.25) is 0 Å². The van der Waals surface area contributed by atoms with Crippen molar-refractivity contribution < 1.29 is 18.0 Å². The van der Waals surface area contributed by atoms with E-state index < -0.39 is 24.7 Å². The molecule has 1 saturated heterocycles. The van der Waals surface area contributed by atoms with Crippen molar-refractivity contribution in [2.45, 2.75) is 25.1 Å². The molecule has 0 radical (unpaired) electrons. The van der Waals surface area contributed by atoms with E-state index in [1.165, 1.54) is 4.90 Å². The Hall–Kier alpha value is -1.55. The molecule has 1 aliphatic rings. The number of aromatic nitrogens is 2. The van der Waals surface area contributed by atoms with E-state index >= 15 is 0 Å². The number of nitrogens with zero attached hydrogens (tertiary/aromatic N) is 2. The van der Waals surface area contributed by atoms with Crippen LogP contribution in [0.15, 0.2) is 24.3 Å². The van der Waals surface area contributed by atoms with Gasteiger partial charge in [0.1, 0.15) is 11.9 Å². The fraction of sp³-hybridized carbons (Fsp3) is 0.529. The molecule has 1 fully saturated rings. The maximum absolute atomic E-state index is 13.3. The van der Waals surface area contributed by atoms with Crippen LogP contribution in [0.3, 0.4) is 0 Å². The van der Waals surface area contributed by atoms with Crippen molar-refractivity contribution in [1.29, 1.82) is 0 Å². The predicted molar refractivity (Wildman–Crippen MR) is 106 cm³/mol. The van der Waals surface area contributed by atoms with Crippen molar-refractivity contribution in [3.63, 3.8) is 0 Å². The summed E-state index contributed by atoms with van der Waals surface area (Å²) in [6, 6.07) is 5.83. The summed E-state index contributed by atoms with van der Waals surface area (Å²) in [5, 5.41) is 5.46. The number of hydrogen-bond acceptors (Lipinski definition) is 4. The Morgan fingerprint density at radius 1 is 1.21 bits per heavy atom. The van der Waals surface area contributed by atoms with E-state index in [4.69, 9.17) is 0 Å². The summed E-state index contributed by atoms with van der Waals surface area (Å²) in [5.74, 6) is 0.241. The molecule has 3 N–H and O–H groups in total. The molecule has 11 heteroatoms. The van der Waals surface area contributed by atoms with Crippen molar-refractivity contribution in [3.8, 4) is 0 Å². The molecule has 3 rings (SSSR count). The number of hydrogen-bond donors (Lipinski definition) is 3. The summed E-state index contributed by atoms with van der Waals surface area (Å²) >= 11 is 0. The number of amides is 1. The summed E-state index contributed by atoms with van der Waals surface area (Å²) < 4.78 is 39.9. The Labute approximate surface area is 173 Å². The lowest BCUT2D eigenvalue weighted by Gasteiger charge is -2.35. The fourth-order valence-electron chi connectivity index (χ4n) is 3.10. The molecule has 0 spiro atoms. The van der Waals surface area contributed by atoms with Crippen molar-refractivity contribution in [2.75, 3.05) is 32.7 Å². The predicted octanol–water partition coefficient (Wildman–Crippen LogP) is 2.29. The lowest BCUT2D eigenvalue weighted by atomic mass is 10.2. The van der Waals surface area contributed by atoms with E-state index in [0.717, 1.165) is 11.0 Å². The zero-order valence-corrected chi connectivity index (χ0v) is 16.7. The number of nitrogens with one attached hydrogen (secondary N) is 3. The Kier molecular flexibility index (Phi) is 9.49. The summed E-state index contributed by atoms with van der Waals surface area (Å²) in [6.07, 6.45) is -3.93. The van der Waals surface area contributed by atoms with Crippen LogP contribution in [0.5, 0.6) is 0 Å². The van der Waals surface area contributed by atoms with Gasteiger partial charge in [-0.1, -0.05) is 12.1 Å². The molecule has 2 aromatic rings. The molecule has 1 aromatic carbocycles. The zero-order chi connectivity index (χ0) is 18.6. The minimum atomic E-state index is -4.37. The Balaban J connectivity index is 0.00000196. The first-order chi connectivity index (χ1) is 12.4. The van der Waals surface area contributed by atoms with Crippen LogP contribution in [0.25, 0.3) is 11.0 Å².